The molecule has 0 saturated carbocycles. The summed E-state index contributed by atoms with van der Waals surface area (Å²) in [5.41, 5.74) is 0.774. The summed E-state index contributed by atoms with van der Waals surface area (Å²) in [6.07, 6.45) is 3.90. The predicted octanol–water partition coefficient (Wildman–Crippen LogP) is 2.07. The average Bonchev–Trinajstić information content (AvgIpc) is 1.98. The molecule has 2 nitrogen and oxygen atoms in total. The lowest BCUT2D eigenvalue weighted by atomic mass is 10.0. The third-order valence-electron chi connectivity index (χ3n) is 1.79. The topological polar surface area (TPSA) is 37.3 Å². The number of ketones is 1. The first-order valence-corrected chi connectivity index (χ1v) is 4.44. The van der Waals surface area contributed by atoms with E-state index in [2.05, 4.69) is 6.92 Å². The molecule has 0 amide bonds. The molecule has 1 unspecified atom stereocenters. The molecule has 70 valence electrons. The fourth-order valence-corrected chi connectivity index (χ4v) is 1.04. The lowest BCUT2D eigenvalue weighted by Crippen LogP contribution is -2.08. The van der Waals surface area contributed by atoms with E-state index in [1.807, 2.05) is 0 Å². The van der Waals surface area contributed by atoms with Gasteiger partial charge >= 0.3 is 0 Å². The highest BCUT2D eigenvalue weighted by Crippen LogP contribution is 2.09. The fourth-order valence-electron chi connectivity index (χ4n) is 1.04. The summed E-state index contributed by atoms with van der Waals surface area (Å²) in [6, 6.07) is 0. The Labute approximate surface area is 74.3 Å². The molecule has 2 heteroatoms. The van der Waals surface area contributed by atoms with Gasteiger partial charge in [0.15, 0.2) is 5.78 Å². The van der Waals surface area contributed by atoms with Crippen molar-refractivity contribution in [1.29, 1.82) is 0 Å². The minimum Gasteiger partial charge on any atom is -0.389 e. The molecule has 1 N–H and O–H groups in total. The fraction of sp³-hybridized carbons (Fsp3) is 0.700. The Kier molecular flexibility index (Phi) is 5.64. The highest BCUT2D eigenvalue weighted by Gasteiger charge is 2.05. The van der Waals surface area contributed by atoms with Crippen LogP contribution in [-0.4, -0.2) is 17.0 Å². The van der Waals surface area contributed by atoms with E-state index in [1.54, 1.807) is 6.92 Å². The van der Waals surface area contributed by atoms with Crippen LogP contribution in [0.1, 0.15) is 40.0 Å². The third kappa shape index (κ3) is 5.08. The number of hydrogen-bond acceptors (Lipinski definition) is 2. The van der Waals surface area contributed by atoms with E-state index >= 15 is 0 Å². The molecule has 12 heavy (non-hydrogen) atoms. The lowest BCUT2D eigenvalue weighted by molar-refractivity contribution is -0.112. The standard InChI is InChI=1S/C10H18O2/c1-4-5-6-10(12)8(2)7-9(3)11/h7,10,12H,4-6H2,1-3H3/b8-7+. The van der Waals surface area contributed by atoms with Crippen LogP contribution in [0, 0.1) is 0 Å². The summed E-state index contributed by atoms with van der Waals surface area (Å²) in [5.74, 6) is 0.00282. The van der Waals surface area contributed by atoms with Crippen LogP contribution in [0.5, 0.6) is 0 Å². The van der Waals surface area contributed by atoms with Gasteiger partial charge in [-0.2, -0.15) is 0 Å². The molecule has 0 aliphatic rings. The zero-order valence-electron chi connectivity index (χ0n) is 8.13. The maximum Gasteiger partial charge on any atom is 0.152 e. The molecule has 0 aromatic carbocycles. The molecule has 0 aliphatic carbocycles. The van der Waals surface area contributed by atoms with Crippen molar-refractivity contribution < 1.29 is 9.90 Å². The van der Waals surface area contributed by atoms with Crippen LogP contribution in [0.15, 0.2) is 11.6 Å². The number of unbranched alkanes of at least 4 members (excludes halogenated alkanes) is 1. The van der Waals surface area contributed by atoms with E-state index in [0.717, 1.165) is 24.8 Å². The molecule has 0 heterocycles. The molecule has 1 atom stereocenters. The van der Waals surface area contributed by atoms with Gasteiger partial charge in [-0.15, -0.1) is 0 Å². The van der Waals surface area contributed by atoms with Gasteiger partial charge in [-0.25, -0.2) is 0 Å². The Balaban J connectivity index is 3.91. The Morgan fingerprint density at radius 2 is 2.08 bits per heavy atom. The summed E-state index contributed by atoms with van der Waals surface area (Å²) in [7, 11) is 0. The van der Waals surface area contributed by atoms with Gasteiger partial charge in [-0.05, 0) is 31.9 Å². The first kappa shape index (κ1) is 11.4. The molecule has 0 aromatic heterocycles. The minimum absolute atomic E-state index is 0.00282. The second-order valence-corrected chi connectivity index (χ2v) is 3.16. The second-order valence-electron chi connectivity index (χ2n) is 3.16. The number of aliphatic hydroxyl groups is 1. The molecule has 0 rings (SSSR count). The van der Waals surface area contributed by atoms with E-state index in [1.165, 1.54) is 13.0 Å². The Morgan fingerprint density at radius 3 is 2.50 bits per heavy atom. The van der Waals surface area contributed by atoms with E-state index in [-0.39, 0.29) is 5.78 Å². The van der Waals surface area contributed by atoms with E-state index in [9.17, 15) is 9.90 Å². The van der Waals surface area contributed by atoms with E-state index < -0.39 is 6.10 Å². The molecule has 0 aromatic rings. The Hall–Kier alpha value is -0.630. The summed E-state index contributed by atoms with van der Waals surface area (Å²) < 4.78 is 0. The molecule has 0 bridgehead atoms. The van der Waals surface area contributed by atoms with Crippen LogP contribution in [0.25, 0.3) is 0 Å². The zero-order chi connectivity index (χ0) is 9.56. The van der Waals surface area contributed by atoms with Crippen molar-refractivity contribution in [3.8, 4) is 0 Å². The predicted molar refractivity (Wildman–Crippen MR) is 50.0 cm³/mol. The van der Waals surface area contributed by atoms with Crippen molar-refractivity contribution in [3.05, 3.63) is 11.6 Å². The number of aliphatic hydroxyl groups excluding tert-OH is 1. The largest absolute Gasteiger partial charge is 0.389 e. The minimum atomic E-state index is -0.436. The van der Waals surface area contributed by atoms with Gasteiger partial charge in [0.05, 0.1) is 6.10 Å². The quantitative estimate of drug-likeness (QED) is 0.641. The van der Waals surface area contributed by atoms with Crippen LogP contribution < -0.4 is 0 Å². The van der Waals surface area contributed by atoms with Crippen LogP contribution in [0.2, 0.25) is 0 Å². The first-order valence-electron chi connectivity index (χ1n) is 4.44. The van der Waals surface area contributed by atoms with Crippen molar-refractivity contribution in [2.45, 2.75) is 46.1 Å². The van der Waals surface area contributed by atoms with Crippen molar-refractivity contribution in [2.75, 3.05) is 0 Å². The molecular formula is C10H18O2. The van der Waals surface area contributed by atoms with Crippen molar-refractivity contribution >= 4 is 5.78 Å². The van der Waals surface area contributed by atoms with Crippen LogP contribution >= 0.6 is 0 Å². The highest BCUT2D eigenvalue weighted by molar-refractivity contribution is 5.87. The Bertz CT molecular complexity index is 171. The van der Waals surface area contributed by atoms with Gasteiger partial charge < -0.3 is 5.11 Å². The van der Waals surface area contributed by atoms with E-state index in [4.69, 9.17) is 0 Å². The van der Waals surface area contributed by atoms with Gasteiger partial charge in [0.2, 0.25) is 0 Å². The SMILES string of the molecule is CCCCC(O)/C(C)=C/C(C)=O. The molecule has 0 fully saturated rings. The maximum atomic E-state index is 10.6. The van der Waals surface area contributed by atoms with Crippen molar-refractivity contribution in [1.82, 2.24) is 0 Å². The number of rotatable bonds is 5. The van der Waals surface area contributed by atoms with Crippen LogP contribution in [-0.2, 0) is 4.79 Å². The van der Waals surface area contributed by atoms with Gasteiger partial charge in [0.25, 0.3) is 0 Å². The number of allylic oxidation sites excluding steroid dienone is 1. The second kappa shape index (κ2) is 5.95. The van der Waals surface area contributed by atoms with Crippen molar-refractivity contribution in [2.24, 2.45) is 0 Å². The smallest absolute Gasteiger partial charge is 0.152 e. The Morgan fingerprint density at radius 1 is 1.50 bits per heavy atom. The molecule has 0 radical (unpaired) electrons. The molecule has 0 aliphatic heterocycles. The van der Waals surface area contributed by atoms with Gasteiger partial charge in [0, 0.05) is 0 Å². The summed E-state index contributed by atoms with van der Waals surface area (Å²) in [6.45, 7) is 5.37. The van der Waals surface area contributed by atoms with Crippen LogP contribution in [0.4, 0.5) is 0 Å². The van der Waals surface area contributed by atoms with Gasteiger partial charge in [0.1, 0.15) is 0 Å². The molecule has 0 spiro atoms. The molecule has 0 saturated heterocycles. The number of carbonyl (C=O) groups excluding carboxylic acids is 1. The number of carbonyl (C=O) groups is 1. The van der Waals surface area contributed by atoms with Gasteiger partial charge in [-0.1, -0.05) is 19.8 Å². The zero-order valence-corrected chi connectivity index (χ0v) is 8.13. The number of hydrogen-bond donors (Lipinski definition) is 1. The van der Waals surface area contributed by atoms with Crippen LogP contribution in [0.3, 0.4) is 0 Å². The van der Waals surface area contributed by atoms with Gasteiger partial charge in [-0.3, -0.25) is 4.79 Å². The monoisotopic (exact) mass is 170 g/mol. The summed E-state index contributed by atoms with van der Waals surface area (Å²) in [5, 5.41) is 9.48. The lowest BCUT2D eigenvalue weighted by Gasteiger charge is -2.09. The first-order chi connectivity index (χ1) is 5.57. The third-order valence-corrected chi connectivity index (χ3v) is 1.79. The highest BCUT2D eigenvalue weighted by atomic mass is 16.3. The normalized spacial score (nSPS) is 14.5. The molecular weight excluding hydrogens is 152 g/mol. The summed E-state index contributed by atoms with van der Waals surface area (Å²) in [4.78, 5) is 10.6. The summed E-state index contributed by atoms with van der Waals surface area (Å²) >= 11 is 0. The average molecular weight is 170 g/mol. The van der Waals surface area contributed by atoms with E-state index in [0.29, 0.717) is 0 Å². The van der Waals surface area contributed by atoms with Crippen molar-refractivity contribution in [3.63, 3.8) is 0 Å². The maximum absolute atomic E-state index is 10.6.